The summed E-state index contributed by atoms with van der Waals surface area (Å²) in [6.07, 6.45) is 5.31. The fraction of sp³-hybridized carbons (Fsp3) is 0.917. The fourth-order valence-electron chi connectivity index (χ4n) is 2.38. The van der Waals surface area contributed by atoms with Gasteiger partial charge in [0.05, 0.1) is 19.8 Å². The SMILES string of the molecule is CCC1(C(=O)NCCOCCO)CCCC1. The Morgan fingerprint density at radius 1 is 1.38 bits per heavy atom. The number of aliphatic hydroxyl groups excluding tert-OH is 1. The molecule has 4 heteroatoms. The van der Waals surface area contributed by atoms with E-state index in [4.69, 9.17) is 9.84 Å². The average Bonchev–Trinajstić information content (AvgIpc) is 2.78. The van der Waals surface area contributed by atoms with E-state index in [9.17, 15) is 4.79 Å². The molecule has 0 bridgehead atoms. The molecule has 0 aliphatic heterocycles. The van der Waals surface area contributed by atoms with Crippen molar-refractivity contribution >= 4 is 5.91 Å². The summed E-state index contributed by atoms with van der Waals surface area (Å²) in [6, 6.07) is 0. The molecule has 0 unspecified atom stereocenters. The van der Waals surface area contributed by atoms with Crippen LogP contribution in [0.1, 0.15) is 39.0 Å². The molecule has 0 spiro atoms. The van der Waals surface area contributed by atoms with Crippen LogP contribution in [0.4, 0.5) is 0 Å². The molecule has 1 aliphatic rings. The second-order valence-corrected chi connectivity index (χ2v) is 4.43. The van der Waals surface area contributed by atoms with E-state index in [2.05, 4.69) is 12.2 Å². The molecule has 1 fully saturated rings. The third-order valence-corrected chi connectivity index (χ3v) is 3.49. The van der Waals surface area contributed by atoms with Gasteiger partial charge in [-0.15, -0.1) is 0 Å². The number of rotatable bonds is 7. The summed E-state index contributed by atoms with van der Waals surface area (Å²) in [5.41, 5.74) is -0.114. The zero-order chi connectivity index (χ0) is 11.9. The van der Waals surface area contributed by atoms with Crippen molar-refractivity contribution in [3.63, 3.8) is 0 Å². The molecule has 1 amide bonds. The summed E-state index contributed by atoms with van der Waals surface area (Å²) in [5.74, 6) is 0.181. The van der Waals surface area contributed by atoms with Crippen LogP contribution in [0.2, 0.25) is 0 Å². The van der Waals surface area contributed by atoms with E-state index in [0.29, 0.717) is 19.8 Å². The van der Waals surface area contributed by atoms with Crippen molar-refractivity contribution in [1.29, 1.82) is 0 Å². The lowest BCUT2D eigenvalue weighted by molar-refractivity contribution is -0.131. The van der Waals surface area contributed by atoms with Gasteiger partial charge in [-0.25, -0.2) is 0 Å². The highest BCUT2D eigenvalue weighted by atomic mass is 16.5. The molecule has 0 aromatic heterocycles. The first-order chi connectivity index (χ1) is 7.75. The van der Waals surface area contributed by atoms with Crippen LogP contribution < -0.4 is 5.32 Å². The van der Waals surface area contributed by atoms with Gasteiger partial charge < -0.3 is 15.2 Å². The largest absolute Gasteiger partial charge is 0.394 e. The van der Waals surface area contributed by atoms with Crippen LogP contribution in [0.5, 0.6) is 0 Å². The zero-order valence-corrected chi connectivity index (χ0v) is 10.1. The second kappa shape index (κ2) is 6.86. The Bertz CT molecular complexity index is 212. The second-order valence-electron chi connectivity index (χ2n) is 4.43. The van der Waals surface area contributed by atoms with E-state index in [-0.39, 0.29) is 17.9 Å². The Hall–Kier alpha value is -0.610. The Morgan fingerprint density at radius 3 is 2.62 bits per heavy atom. The standard InChI is InChI=1S/C12H23NO3/c1-2-12(5-3-4-6-12)11(15)13-7-9-16-10-8-14/h14H,2-10H2,1H3,(H,13,15). The van der Waals surface area contributed by atoms with Gasteiger partial charge in [0.15, 0.2) is 0 Å². The summed E-state index contributed by atoms with van der Waals surface area (Å²) in [4.78, 5) is 12.0. The van der Waals surface area contributed by atoms with Gasteiger partial charge in [0.25, 0.3) is 0 Å². The summed E-state index contributed by atoms with van der Waals surface area (Å²) in [7, 11) is 0. The van der Waals surface area contributed by atoms with Gasteiger partial charge in [-0.3, -0.25) is 4.79 Å². The first-order valence-corrected chi connectivity index (χ1v) is 6.22. The Kier molecular flexibility index (Phi) is 5.77. The van der Waals surface area contributed by atoms with Crippen LogP contribution in [0.15, 0.2) is 0 Å². The van der Waals surface area contributed by atoms with Gasteiger partial charge in [-0.2, -0.15) is 0 Å². The number of aliphatic hydroxyl groups is 1. The normalized spacial score (nSPS) is 18.6. The lowest BCUT2D eigenvalue weighted by atomic mass is 9.82. The van der Waals surface area contributed by atoms with E-state index in [1.54, 1.807) is 0 Å². The number of carbonyl (C=O) groups is 1. The van der Waals surface area contributed by atoms with Crippen molar-refractivity contribution in [3.8, 4) is 0 Å². The molecule has 4 nitrogen and oxygen atoms in total. The van der Waals surface area contributed by atoms with E-state index in [1.807, 2.05) is 0 Å². The number of hydrogen-bond acceptors (Lipinski definition) is 3. The summed E-state index contributed by atoms with van der Waals surface area (Å²) < 4.78 is 5.10. The number of hydrogen-bond donors (Lipinski definition) is 2. The first kappa shape index (κ1) is 13.5. The minimum Gasteiger partial charge on any atom is -0.394 e. The lowest BCUT2D eigenvalue weighted by Gasteiger charge is -2.25. The maximum atomic E-state index is 12.0. The highest BCUT2D eigenvalue weighted by molar-refractivity contribution is 5.82. The van der Waals surface area contributed by atoms with E-state index >= 15 is 0 Å². The maximum absolute atomic E-state index is 12.0. The number of carbonyl (C=O) groups excluding carboxylic acids is 1. The van der Waals surface area contributed by atoms with Crippen molar-refractivity contribution in [3.05, 3.63) is 0 Å². The predicted molar refractivity (Wildman–Crippen MR) is 62.1 cm³/mol. The highest BCUT2D eigenvalue weighted by Crippen LogP contribution is 2.40. The van der Waals surface area contributed by atoms with E-state index in [1.165, 1.54) is 12.8 Å². The molecule has 0 aromatic carbocycles. The molecule has 16 heavy (non-hydrogen) atoms. The summed E-state index contributed by atoms with van der Waals surface area (Å²) >= 11 is 0. The molecule has 1 rings (SSSR count). The van der Waals surface area contributed by atoms with Gasteiger partial charge in [0.1, 0.15) is 0 Å². The van der Waals surface area contributed by atoms with Crippen molar-refractivity contribution in [2.45, 2.75) is 39.0 Å². The van der Waals surface area contributed by atoms with Crippen LogP contribution in [-0.4, -0.2) is 37.4 Å². The first-order valence-electron chi connectivity index (χ1n) is 6.22. The highest BCUT2D eigenvalue weighted by Gasteiger charge is 2.38. The van der Waals surface area contributed by atoms with E-state index in [0.717, 1.165) is 19.3 Å². The molecule has 1 saturated carbocycles. The smallest absolute Gasteiger partial charge is 0.226 e. The fourth-order valence-corrected chi connectivity index (χ4v) is 2.38. The molecule has 2 N–H and O–H groups in total. The summed E-state index contributed by atoms with van der Waals surface area (Å²) in [5, 5.41) is 11.4. The number of nitrogens with one attached hydrogen (secondary N) is 1. The van der Waals surface area contributed by atoms with Crippen molar-refractivity contribution < 1.29 is 14.6 Å². The van der Waals surface area contributed by atoms with Crippen LogP contribution in [0, 0.1) is 5.41 Å². The number of amides is 1. The Balaban J connectivity index is 2.22. The van der Waals surface area contributed by atoms with Gasteiger partial charge in [0, 0.05) is 12.0 Å². The van der Waals surface area contributed by atoms with Gasteiger partial charge in [-0.1, -0.05) is 19.8 Å². The lowest BCUT2D eigenvalue weighted by Crippen LogP contribution is -2.40. The van der Waals surface area contributed by atoms with Crippen LogP contribution in [0.25, 0.3) is 0 Å². The molecule has 1 aliphatic carbocycles. The van der Waals surface area contributed by atoms with Crippen LogP contribution >= 0.6 is 0 Å². The molecule has 0 radical (unpaired) electrons. The minimum absolute atomic E-state index is 0.0346. The van der Waals surface area contributed by atoms with Gasteiger partial charge in [0.2, 0.25) is 5.91 Å². The summed E-state index contributed by atoms with van der Waals surface area (Å²) in [6.45, 7) is 3.49. The molecular formula is C12H23NO3. The number of ether oxygens (including phenoxy) is 1. The predicted octanol–water partition coefficient (Wildman–Crippen LogP) is 1.08. The quantitative estimate of drug-likeness (QED) is 0.642. The Labute approximate surface area is 97.4 Å². The molecule has 0 heterocycles. The van der Waals surface area contributed by atoms with Crippen LogP contribution in [-0.2, 0) is 9.53 Å². The molecular weight excluding hydrogens is 206 g/mol. The van der Waals surface area contributed by atoms with Gasteiger partial charge >= 0.3 is 0 Å². The van der Waals surface area contributed by atoms with Crippen molar-refractivity contribution in [2.75, 3.05) is 26.4 Å². The minimum atomic E-state index is -0.114. The van der Waals surface area contributed by atoms with Crippen LogP contribution in [0.3, 0.4) is 0 Å². The third kappa shape index (κ3) is 3.46. The molecule has 0 atom stereocenters. The zero-order valence-electron chi connectivity index (χ0n) is 10.1. The van der Waals surface area contributed by atoms with E-state index < -0.39 is 0 Å². The Morgan fingerprint density at radius 2 is 2.06 bits per heavy atom. The maximum Gasteiger partial charge on any atom is 0.226 e. The third-order valence-electron chi connectivity index (χ3n) is 3.49. The molecule has 0 aromatic rings. The molecule has 0 saturated heterocycles. The molecule has 94 valence electrons. The average molecular weight is 229 g/mol. The van der Waals surface area contributed by atoms with Crippen molar-refractivity contribution in [1.82, 2.24) is 5.32 Å². The van der Waals surface area contributed by atoms with Crippen molar-refractivity contribution in [2.24, 2.45) is 5.41 Å². The monoisotopic (exact) mass is 229 g/mol. The topological polar surface area (TPSA) is 58.6 Å². The van der Waals surface area contributed by atoms with Gasteiger partial charge in [-0.05, 0) is 19.3 Å².